The van der Waals surface area contributed by atoms with E-state index < -0.39 is 11.7 Å². The van der Waals surface area contributed by atoms with E-state index in [1.165, 1.54) is 6.07 Å². The lowest BCUT2D eigenvalue weighted by atomic mass is 10.2. The molecule has 158 valence electrons. The molecular formula is C21H20ClF3N4S. The zero-order valence-electron chi connectivity index (χ0n) is 16.1. The summed E-state index contributed by atoms with van der Waals surface area (Å²) in [5.41, 5.74) is 1.21. The molecule has 9 heteroatoms. The van der Waals surface area contributed by atoms with Crippen molar-refractivity contribution >= 4 is 28.8 Å². The molecule has 0 aliphatic carbocycles. The van der Waals surface area contributed by atoms with E-state index in [1.807, 2.05) is 29.2 Å². The van der Waals surface area contributed by atoms with Gasteiger partial charge in [0.25, 0.3) is 0 Å². The van der Waals surface area contributed by atoms with Crippen molar-refractivity contribution in [3.05, 3.63) is 64.3 Å². The average molecular weight is 453 g/mol. The zero-order valence-corrected chi connectivity index (χ0v) is 17.6. The SMILES string of the molecule is FC(F)(F)c1ccc(N2CCCN(Cc3csc(-c4ccccc4Cl)n3)CC2)nc1. The Morgan fingerprint density at radius 1 is 1.03 bits per heavy atom. The van der Waals surface area contributed by atoms with Crippen molar-refractivity contribution < 1.29 is 13.2 Å². The Bertz CT molecular complexity index is 990. The minimum absolute atomic E-state index is 0.583. The van der Waals surface area contributed by atoms with Crippen LogP contribution in [-0.4, -0.2) is 41.0 Å². The molecule has 0 spiro atoms. The van der Waals surface area contributed by atoms with Crippen LogP contribution < -0.4 is 4.90 Å². The topological polar surface area (TPSA) is 32.3 Å². The summed E-state index contributed by atoms with van der Waals surface area (Å²) in [5, 5.41) is 3.65. The van der Waals surface area contributed by atoms with Crippen molar-refractivity contribution in [1.82, 2.24) is 14.9 Å². The number of nitrogens with zero attached hydrogens (tertiary/aromatic N) is 4. The molecule has 1 aromatic carbocycles. The van der Waals surface area contributed by atoms with Gasteiger partial charge in [0.15, 0.2) is 0 Å². The van der Waals surface area contributed by atoms with Crippen LogP contribution in [-0.2, 0) is 12.7 Å². The smallest absolute Gasteiger partial charge is 0.355 e. The molecule has 1 fully saturated rings. The van der Waals surface area contributed by atoms with Crippen LogP contribution in [0.1, 0.15) is 17.7 Å². The number of halogens is 4. The van der Waals surface area contributed by atoms with Crippen LogP contribution in [0, 0.1) is 0 Å². The molecule has 3 aromatic rings. The van der Waals surface area contributed by atoms with Crippen molar-refractivity contribution in [3.8, 4) is 10.6 Å². The monoisotopic (exact) mass is 452 g/mol. The molecule has 4 nitrogen and oxygen atoms in total. The molecule has 30 heavy (non-hydrogen) atoms. The first-order valence-corrected chi connectivity index (χ1v) is 10.9. The first-order valence-electron chi connectivity index (χ1n) is 9.60. The third-order valence-corrected chi connectivity index (χ3v) is 6.28. The summed E-state index contributed by atoms with van der Waals surface area (Å²) < 4.78 is 38.2. The standard InChI is InChI=1S/C21H20ClF3N4S/c22-18-5-2-1-4-17(18)20-27-16(14-30-20)13-28-8-3-9-29(11-10-28)19-7-6-15(12-26-19)21(23,24)25/h1-2,4-7,12,14H,3,8-11,13H2. The fourth-order valence-electron chi connectivity index (χ4n) is 3.47. The predicted molar refractivity (Wildman–Crippen MR) is 114 cm³/mol. The van der Waals surface area contributed by atoms with Gasteiger partial charge in [0.2, 0.25) is 0 Å². The van der Waals surface area contributed by atoms with E-state index in [9.17, 15) is 13.2 Å². The molecule has 0 unspecified atom stereocenters. The number of hydrogen-bond donors (Lipinski definition) is 0. The highest BCUT2D eigenvalue weighted by Crippen LogP contribution is 2.31. The number of anilines is 1. The quantitative estimate of drug-likeness (QED) is 0.516. The molecule has 1 aliphatic heterocycles. The summed E-state index contributed by atoms with van der Waals surface area (Å²) in [6, 6.07) is 10.2. The number of benzene rings is 1. The largest absolute Gasteiger partial charge is 0.417 e. The van der Waals surface area contributed by atoms with Gasteiger partial charge in [-0.15, -0.1) is 11.3 Å². The summed E-state index contributed by atoms with van der Waals surface area (Å²) in [7, 11) is 0. The van der Waals surface area contributed by atoms with Crippen LogP contribution in [0.15, 0.2) is 48.0 Å². The number of thiazole rings is 1. The van der Waals surface area contributed by atoms with Gasteiger partial charge in [-0.25, -0.2) is 9.97 Å². The molecule has 0 radical (unpaired) electrons. The van der Waals surface area contributed by atoms with Crippen LogP contribution in [0.25, 0.3) is 10.6 Å². The molecular weight excluding hydrogens is 433 g/mol. The first kappa shape index (κ1) is 21.1. The lowest BCUT2D eigenvalue weighted by molar-refractivity contribution is -0.137. The van der Waals surface area contributed by atoms with Gasteiger partial charge in [-0.1, -0.05) is 29.8 Å². The van der Waals surface area contributed by atoms with Crippen molar-refractivity contribution in [2.24, 2.45) is 0 Å². The van der Waals surface area contributed by atoms with Gasteiger partial charge in [-0.3, -0.25) is 4.90 Å². The first-order chi connectivity index (χ1) is 14.4. The molecule has 3 heterocycles. The number of hydrogen-bond acceptors (Lipinski definition) is 5. The Balaban J connectivity index is 1.38. The van der Waals surface area contributed by atoms with Gasteiger partial charge in [0.05, 0.1) is 16.3 Å². The summed E-state index contributed by atoms with van der Waals surface area (Å²) in [4.78, 5) is 13.1. The van der Waals surface area contributed by atoms with Gasteiger partial charge in [0, 0.05) is 49.9 Å². The van der Waals surface area contributed by atoms with E-state index in [0.29, 0.717) is 17.4 Å². The van der Waals surface area contributed by atoms with E-state index in [1.54, 1.807) is 11.3 Å². The molecule has 0 saturated carbocycles. The summed E-state index contributed by atoms with van der Waals surface area (Å²) in [5.74, 6) is 0.583. The van der Waals surface area contributed by atoms with E-state index in [2.05, 4.69) is 15.3 Å². The number of rotatable bonds is 4. The zero-order chi connectivity index (χ0) is 21.1. The Labute approximate surface area is 181 Å². The lowest BCUT2D eigenvalue weighted by Gasteiger charge is -2.22. The second-order valence-corrected chi connectivity index (χ2v) is 8.41. The van der Waals surface area contributed by atoms with E-state index in [0.717, 1.165) is 61.1 Å². The van der Waals surface area contributed by atoms with Crippen LogP contribution in [0.2, 0.25) is 5.02 Å². The average Bonchev–Trinajstić information content (AvgIpc) is 3.05. The normalized spacial score (nSPS) is 15.9. The molecule has 0 atom stereocenters. The number of alkyl halides is 3. The molecule has 1 aliphatic rings. The van der Waals surface area contributed by atoms with Gasteiger partial charge in [-0.2, -0.15) is 13.2 Å². The highest BCUT2D eigenvalue weighted by Gasteiger charge is 2.31. The Morgan fingerprint density at radius 2 is 1.87 bits per heavy atom. The maximum atomic E-state index is 12.7. The van der Waals surface area contributed by atoms with E-state index in [4.69, 9.17) is 16.6 Å². The van der Waals surface area contributed by atoms with Gasteiger partial charge < -0.3 is 4.90 Å². The summed E-state index contributed by atoms with van der Waals surface area (Å²) in [6.45, 7) is 3.89. The van der Waals surface area contributed by atoms with Crippen LogP contribution in [0.3, 0.4) is 0 Å². The maximum absolute atomic E-state index is 12.7. The minimum Gasteiger partial charge on any atom is -0.355 e. The van der Waals surface area contributed by atoms with Gasteiger partial charge >= 0.3 is 6.18 Å². The second kappa shape index (κ2) is 8.91. The maximum Gasteiger partial charge on any atom is 0.417 e. The number of pyridine rings is 1. The molecule has 0 amide bonds. The van der Waals surface area contributed by atoms with Gasteiger partial charge in [-0.05, 0) is 24.6 Å². The Hall–Kier alpha value is -2.16. The van der Waals surface area contributed by atoms with Crippen molar-refractivity contribution in [1.29, 1.82) is 0 Å². The Morgan fingerprint density at radius 3 is 2.60 bits per heavy atom. The molecule has 4 rings (SSSR count). The Kier molecular flexibility index (Phi) is 6.26. The lowest BCUT2D eigenvalue weighted by Crippen LogP contribution is -2.31. The molecule has 0 N–H and O–H groups in total. The van der Waals surface area contributed by atoms with E-state index >= 15 is 0 Å². The van der Waals surface area contributed by atoms with Crippen molar-refractivity contribution in [3.63, 3.8) is 0 Å². The summed E-state index contributed by atoms with van der Waals surface area (Å²) in [6.07, 6.45) is -2.55. The number of aromatic nitrogens is 2. The third-order valence-electron chi connectivity index (χ3n) is 5.03. The van der Waals surface area contributed by atoms with Crippen LogP contribution >= 0.6 is 22.9 Å². The van der Waals surface area contributed by atoms with E-state index in [-0.39, 0.29) is 0 Å². The van der Waals surface area contributed by atoms with Crippen LogP contribution in [0.5, 0.6) is 0 Å². The molecule has 2 aromatic heterocycles. The van der Waals surface area contributed by atoms with Gasteiger partial charge in [0.1, 0.15) is 10.8 Å². The van der Waals surface area contributed by atoms with Crippen LogP contribution in [0.4, 0.5) is 19.0 Å². The van der Waals surface area contributed by atoms with Crippen molar-refractivity contribution in [2.45, 2.75) is 19.1 Å². The van der Waals surface area contributed by atoms with Crippen molar-refractivity contribution in [2.75, 3.05) is 31.1 Å². The highest BCUT2D eigenvalue weighted by atomic mass is 35.5. The fraction of sp³-hybridized carbons (Fsp3) is 0.333. The highest BCUT2D eigenvalue weighted by molar-refractivity contribution is 7.13. The second-order valence-electron chi connectivity index (χ2n) is 7.14. The predicted octanol–water partition coefficient (Wildman–Crippen LogP) is 5.59. The summed E-state index contributed by atoms with van der Waals surface area (Å²) >= 11 is 7.85. The third kappa shape index (κ3) is 4.94. The molecule has 1 saturated heterocycles. The minimum atomic E-state index is -4.36. The molecule has 0 bridgehead atoms. The fourth-order valence-corrected chi connectivity index (χ4v) is 4.60.